The van der Waals surface area contributed by atoms with Gasteiger partial charge in [-0.3, -0.25) is 0 Å². The van der Waals surface area contributed by atoms with E-state index in [1.807, 2.05) is 11.8 Å². The van der Waals surface area contributed by atoms with Crippen molar-refractivity contribution in [2.45, 2.75) is 56.9 Å². The molecule has 2 nitrogen and oxygen atoms in total. The van der Waals surface area contributed by atoms with Crippen LogP contribution in [0.15, 0.2) is 0 Å². The molecule has 0 amide bonds. The summed E-state index contributed by atoms with van der Waals surface area (Å²) in [6, 6.07) is 1.19. The molecule has 90 valence electrons. The summed E-state index contributed by atoms with van der Waals surface area (Å²) in [5.41, 5.74) is 0. The molecule has 0 aromatic carbocycles. The van der Waals surface area contributed by atoms with E-state index in [1.54, 1.807) is 0 Å². The van der Waals surface area contributed by atoms with Gasteiger partial charge in [0.25, 0.3) is 0 Å². The highest BCUT2D eigenvalue weighted by Gasteiger charge is 2.24. The van der Waals surface area contributed by atoms with E-state index in [9.17, 15) is 0 Å². The van der Waals surface area contributed by atoms with Gasteiger partial charge < -0.3 is 10.1 Å². The van der Waals surface area contributed by atoms with Crippen molar-refractivity contribution in [3.63, 3.8) is 0 Å². The van der Waals surface area contributed by atoms with Gasteiger partial charge in [0.1, 0.15) is 0 Å². The van der Waals surface area contributed by atoms with Crippen LogP contribution < -0.4 is 5.32 Å². The first-order valence-electron chi connectivity index (χ1n) is 6.14. The quantitative estimate of drug-likeness (QED) is 0.759. The van der Waals surface area contributed by atoms with E-state index in [1.165, 1.54) is 25.7 Å². The van der Waals surface area contributed by atoms with Crippen molar-refractivity contribution in [3.05, 3.63) is 0 Å². The third-order valence-corrected chi connectivity index (χ3v) is 4.25. The van der Waals surface area contributed by atoms with Crippen molar-refractivity contribution < 1.29 is 4.74 Å². The van der Waals surface area contributed by atoms with Crippen LogP contribution in [0.4, 0.5) is 0 Å². The zero-order valence-corrected chi connectivity index (χ0v) is 11.1. The minimum absolute atomic E-state index is 0.489. The van der Waals surface area contributed by atoms with E-state index in [0.717, 1.165) is 18.5 Å². The van der Waals surface area contributed by atoms with Crippen LogP contribution in [0, 0.1) is 0 Å². The van der Waals surface area contributed by atoms with Crippen molar-refractivity contribution in [1.29, 1.82) is 0 Å². The summed E-state index contributed by atoms with van der Waals surface area (Å²) in [4.78, 5) is 0. The van der Waals surface area contributed by atoms with Crippen LogP contribution in [0.5, 0.6) is 0 Å². The zero-order chi connectivity index (χ0) is 11.1. The average molecular weight is 231 g/mol. The Morgan fingerprint density at radius 3 is 2.80 bits per heavy atom. The number of nitrogens with one attached hydrogen (secondary N) is 1. The number of thioether (sulfide) groups is 1. The molecule has 0 aromatic heterocycles. The molecule has 1 saturated carbocycles. The first-order valence-corrected chi connectivity index (χ1v) is 7.43. The van der Waals surface area contributed by atoms with E-state index in [4.69, 9.17) is 4.74 Å². The Balaban J connectivity index is 2.27. The molecule has 1 aliphatic rings. The summed E-state index contributed by atoms with van der Waals surface area (Å²) in [7, 11) is 0. The number of hydrogen-bond donors (Lipinski definition) is 1. The lowest BCUT2D eigenvalue weighted by atomic mass is 9.94. The van der Waals surface area contributed by atoms with E-state index < -0.39 is 0 Å². The van der Waals surface area contributed by atoms with Crippen LogP contribution >= 0.6 is 11.8 Å². The molecule has 15 heavy (non-hydrogen) atoms. The molecule has 0 saturated heterocycles. The Bertz CT molecular complexity index is 166. The van der Waals surface area contributed by atoms with E-state index in [2.05, 4.69) is 25.4 Å². The topological polar surface area (TPSA) is 21.3 Å². The Morgan fingerprint density at radius 1 is 1.40 bits per heavy atom. The summed E-state index contributed by atoms with van der Waals surface area (Å²) in [5.74, 6) is 0. The second kappa shape index (κ2) is 7.53. The van der Waals surface area contributed by atoms with Gasteiger partial charge in [-0.15, -0.1) is 0 Å². The van der Waals surface area contributed by atoms with Gasteiger partial charge in [-0.2, -0.15) is 11.8 Å². The van der Waals surface area contributed by atoms with Gasteiger partial charge in [0.15, 0.2) is 0 Å². The second-order valence-electron chi connectivity index (χ2n) is 4.39. The lowest BCUT2D eigenvalue weighted by Gasteiger charge is -2.33. The predicted octanol–water partition coefficient (Wildman–Crippen LogP) is 2.68. The normalized spacial score (nSPS) is 29.0. The summed E-state index contributed by atoms with van der Waals surface area (Å²) < 4.78 is 5.44. The first-order chi connectivity index (χ1) is 7.27. The summed E-state index contributed by atoms with van der Waals surface area (Å²) in [6.07, 6.45) is 7.74. The fourth-order valence-electron chi connectivity index (χ4n) is 2.28. The van der Waals surface area contributed by atoms with Gasteiger partial charge in [-0.05, 0) is 32.9 Å². The Kier molecular flexibility index (Phi) is 6.69. The van der Waals surface area contributed by atoms with Crippen molar-refractivity contribution in [2.75, 3.05) is 19.5 Å². The highest BCUT2D eigenvalue weighted by molar-refractivity contribution is 7.99. The predicted molar refractivity (Wildman–Crippen MR) is 68.6 cm³/mol. The van der Waals surface area contributed by atoms with Gasteiger partial charge >= 0.3 is 0 Å². The molecule has 1 fully saturated rings. The number of hydrogen-bond acceptors (Lipinski definition) is 3. The van der Waals surface area contributed by atoms with Crippen LogP contribution in [-0.2, 0) is 4.74 Å². The van der Waals surface area contributed by atoms with Crippen molar-refractivity contribution in [2.24, 2.45) is 0 Å². The molecule has 0 spiro atoms. The van der Waals surface area contributed by atoms with Crippen molar-refractivity contribution in [1.82, 2.24) is 5.32 Å². The summed E-state index contributed by atoms with van der Waals surface area (Å²) in [5, 5.41) is 4.52. The molecule has 0 aliphatic heterocycles. The van der Waals surface area contributed by atoms with Gasteiger partial charge in [-0.1, -0.05) is 12.8 Å². The Hall–Kier alpha value is 0.270. The van der Waals surface area contributed by atoms with Crippen LogP contribution in [0.25, 0.3) is 0 Å². The molecule has 3 unspecified atom stereocenters. The molecule has 0 radical (unpaired) electrons. The summed E-state index contributed by atoms with van der Waals surface area (Å²) in [6.45, 7) is 5.94. The third kappa shape index (κ3) is 4.75. The summed E-state index contributed by atoms with van der Waals surface area (Å²) >= 11 is 2.02. The Morgan fingerprint density at radius 2 is 2.13 bits per heavy atom. The lowest BCUT2D eigenvalue weighted by Crippen LogP contribution is -2.46. The smallest absolute Gasteiger partial charge is 0.0616 e. The van der Waals surface area contributed by atoms with Crippen LogP contribution in [0.3, 0.4) is 0 Å². The molecular formula is C12H25NOS. The van der Waals surface area contributed by atoms with Crippen molar-refractivity contribution >= 4 is 11.8 Å². The van der Waals surface area contributed by atoms with E-state index in [0.29, 0.717) is 12.1 Å². The van der Waals surface area contributed by atoms with Gasteiger partial charge in [0.05, 0.1) is 6.61 Å². The SMILES string of the molecule is CCOCC(C)NC1CCCCC1SC. The van der Waals surface area contributed by atoms with Gasteiger partial charge in [0, 0.05) is 23.9 Å². The Labute approximate surface area is 98.5 Å². The highest BCUT2D eigenvalue weighted by atomic mass is 32.2. The van der Waals surface area contributed by atoms with E-state index >= 15 is 0 Å². The molecule has 1 aliphatic carbocycles. The molecule has 0 bridgehead atoms. The maximum atomic E-state index is 5.44. The molecular weight excluding hydrogens is 206 g/mol. The molecule has 3 heteroatoms. The minimum atomic E-state index is 0.489. The molecule has 0 aromatic rings. The maximum Gasteiger partial charge on any atom is 0.0616 e. The average Bonchev–Trinajstić information content (AvgIpc) is 2.27. The fourth-order valence-corrected chi connectivity index (χ4v) is 3.22. The van der Waals surface area contributed by atoms with Crippen molar-refractivity contribution in [3.8, 4) is 0 Å². The highest BCUT2D eigenvalue weighted by Crippen LogP contribution is 2.27. The number of ether oxygens (including phenoxy) is 1. The molecule has 0 heterocycles. The second-order valence-corrected chi connectivity index (χ2v) is 5.47. The minimum Gasteiger partial charge on any atom is -0.380 e. The standard InChI is InChI=1S/C12H25NOS/c1-4-14-9-10(2)13-11-7-5-6-8-12(11)15-3/h10-13H,4-9H2,1-3H3. The molecule has 1 rings (SSSR count). The zero-order valence-electron chi connectivity index (χ0n) is 10.3. The largest absolute Gasteiger partial charge is 0.380 e. The van der Waals surface area contributed by atoms with Crippen LogP contribution in [-0.4, -0.2) is 36.8 Å². The maximum absolute atomic E-state index is 5.44. The van der Waals surface area contributed by atoms with Gasteiger partial charge in [-0.25, -0.2) is 0 Å². The van der Waals surface area contributed by atoms with Crippen LogP contribution in [0.1, 0.15) is 39.5 Å². The first kappa shape index (κ1) is 13.3. The third-order valence-electron chi connectivity index (χ3n) is 3.08. The van der Waals surface area contributed by atoms with E-state index in [-0.39, 0.29) is 0 Å². The lowest BCUT2D eigenvalue weighted by molar-refractivity contribution is 0.121. The number of rotatable bonds is 6. The molecule has 1 N–H and O–H groups in total. The molecule has 3 atom stereocenters. The van der Waals surface area contributed by atoms with Crippen LogP contribution in [0.2, 0.25) is 0 Å². The fraction of sp³-hybridized carbons (Fsp3) is 1.00. The monoisotopic (exact) mass is 231 g/mol. The van der Waals surface area contributed by atoms with Gasteiger partial charge in [0.2, 0.25) is 0 Å².